The number of allylic oxidation sites excluding steroid dienone is 2. The molecule has 0 aromatic carbocycles. The van der Waals surface area contributed by atoms with E-state index in [9.17, 15) is 0 Å². The highest BCUT2D eigenvalue weighted by Gasteiger charge is 1.87. The van der Waals surface area contributed by atoms with Crippen LogP contribution in [0.5, 0.6) is 0 Å². The maximum Gasteiger partial charge on any atom is -0.0351 e. The molecule has 0 aromatic rings. The molecule has 0 saturated carbocycles. The minimum Gasteiger partial charge on any atom is -0.274 e. The molecule has 1 aliphatic rings. The molecule has 1 aliphatic carbocycles. The summed E-state index contributed by atoms with van der Waals surface area (Å²) in [5.74, 6) is 8.00. The molecule has 0 saturated heterocycles. The van der Waals surface area contributed by atoms with Crippen molar-refractivity contribution >= 4 is 0 Å². The van der Waals surface area contributed by atoms with E-state index in [1.54, 1.807) is 0 Å². The summed E-state index contributed by atoms with van der Waals surface area (Å²) in [6.45, 7) is 0. The Morgan fingerprint density at radius 2 is 1.25 bits per heavy atom. The molecule has 0 bridgehead atoms. The van der Waals surface area contributed by atoms with Crippen molar-refractivity contribution in [3.63, 3.8) is 0 Å². The fourth-order valence-electron chi connectivity index (χ4n) is 0.760. The smallest absolute Gasteiger partial charge is 0.0351 e. The second-order valence-corrected chi connectivity index (χ2v) is 1.76. The van der Waals surface area contributed by atoms with Crippen molar-refractivity contribution < 1.29 is 0 Å². The Hall–Kier alpha value is -0.340. The first-order valence-electron chi connectivity index (χ1n) is 2.98. The summed E-state index contributed by atoms with van der Waals surface area (Å²) in [5, 5.41) is 0. The number of hydrogen-bond donors (Lipinski definition) is 2. The average Bonchev–Trinajstić information content (AvgIpc) is 1.96. The molecule has 0 atom stereocenters. The summed E-state index contributed by atoms with van der Waals surface area (Å²) in [4.78, 5) is 0. The second-order valence-electron chi connectivity index (χ2n) is 1.76. The van der Waals surface area contributed by atoms with Crippen LogP contribution in [-0.2, 0) is 0 Å². The SMILES string of the molecule is C1=CCCCC1.NN. The van der Waals surface area contributed by atoms with Crippen LogP contribution >= 0.6 is 0 Å². The standard InChI is InChI=1S/C6H10.H4N2/c1-2-4-6-5-3-1;1-2/h1-2H,3-6H2;1-2H2. The van der Waals surface area contributed by atoms with Crippen LogP contribution in [0.25, 0.3) is 0 Å². The van der Waals surface area contributed by atoms with E-state index < -0.39 is 0 Å². The van der Waals surface area contributed by atoms with Crippen molar-refractivity contribution in [1.82, 2.24) is 0 Å². The van der Waals surface area contributed by atoms with Gasteiger partial charge in [-0.2, -0.15) is 0 Å². The van der Waals surface area contributed by atoms with E-state index in [1.165, 1.54) is 25.7 Å². The van der Waals surface area contributed by atoms with Gasteiger partial charge < -0.3 is 0 Å². The van der Waals surface area contributed by atoms with Crippen LogP contribution in [0.1, 0.15) is 25.7 Å². The van der Waals surface area contributed by atoms with Gasteiger partial charge in [-0.1, -0.05) is 12.2 Å². The summed E-state index contributed by atoms with van der Waals surface area (Å²) in [6.07, 6.45) is 10.0. The third-order valence-electron chi connectivity index (χ3n) is 1.16. The zero-order chi connectivity index (χ0) is 6.24. The van der Waals surface area contributed by atoms with E-state index >= 15 is 0 Å². The van der Waals surface area contributed by atoms with Gasteiger partial charge in [-0.15, -0.1) is 0 Å². The molecule has 2 heteroatoms. The molecule has 0 aromatic heterocycles. The zero-order valence-corrected chi connectivity index (χ0v) is 5.14. The van der Waals surface area contributed by atoms with Crippen LogP contribution in [0.3, 0.4) is 0 Å². The van der Waals surface area contributed by atoms with Crippen LogP contribution in [0.4, 0.5) is 0 Å². The highest BCUT2D eigenvalue weighted by Crippen LogP contribution is 2.07. The molecule has 0 fully saturated rings. The van der Waals surface area contributed by atoms with Gasteiger partial charge in [0.25, 0.3) is 0 Å². The Kier molecular flexibility index (Phi) is 6.38. The lowest BCUT2D eigenvalue weighted by molar-refractivity contribution is 0.730. The molecular formula is C6H14N2. The van der Waals surface area contributed by atoms with Gasteiger partial charge >= 0.3 is 0 Å². The van der Waals surface area contributed by atoms with E-state index in [4.69, 9.17) is 0 Å². The molecule has 0 unspecified atom stereocenters. The number of nitrogens with two attached hydrogens (primary N) is 2. The van der Waals surface area contributed by atoms with Gasteiger partial charge in [-0.05, 0) is 25.7 Å². The predicted molar refractivity (Wildman–Crippen MR) is 36.0 cm³/mol. The topological polar surface area (TPSA) is 52.0 Å². The Morgan fingerprint density at radius 1 is 0.875 bits per heavy atom. The Morgan fingerprint density at radius 3 is 1.38 bits per heavy atom. The lowest BCUT2D eigenvalue weighted by Crippen LogP contribution is -2.02. The quantitative estimate of drug-likeness (QED) is 0.280. The van der Waals surface area contributed by atoms with Crippen molar-refractivity contribution in [1.29, 1.82) is 0 Å². The van der Waals surface area contributed by atoms with E-state index in [0.717, 1.165) is 0 Å². The number of hydrogen-bond acceptors (Lipinski definition) is 2. The molecule has 4 N–H and O–H groups in total. The molecule has 48 valence electrons. The minimum atomic E-state index is 1.32. The van der Waals surface area contributed by atoms with Gasteiger partial charge in [0.2, 0.25) is 0 Å². The molecule has 0 radical (unpaired) electrons. The first-order valence-corrected chi connectivity index (χ1v) is 2.98. The van der Waals surface area contributed by atoms with Crippen molar-refractivity contribution in [2.24, 2.45) is 11.7 Å². The van der Waals surface area contributed by atoms with Crippen LogP contribution in [0.15, 0.2) is 12.2 Å². The van der Waals surface area contributed by atoms with E-state index in [2.05, 4.69) is 23.8 Å². The second kappa shape index (κ2) is 6.66. The summed E-state index contributed by atoms with van der Waals surface area (Å²) in [7, 11) is 0. The van der Waals surface area contributed by atoms with Gasteiger partial charge in [0.05, 0.1) is 0 Å². The van der Waals surface area contributed by atoms with Crippen molar-refractivity contribution in [3.8, 4) is 0 Å². The van der Waals surface area contributed by atoms with Gasteiger partial charge in [0, 0.05) is 0 Å². The van der Waals surface area contributed by atoms with Gasteiger partial charge in [-0.25, -0.2) is 0 Å². The number of rotatable bonds is 0. The van der Waals surface area contributed by atoms with Gasteiger partial charge in [-0.3, -0.25) is 11.7 Å². The third kappa shape index (κ3) is 3.84. The van der Waals surface area contributed by atoms with Crippen LogP contribution in [0.2, 0.25) is 0 Å². The third-order valence-corrected chi connectivity index (χ3v) is 1.16. The van der Waals surface area contributed by atoms with E-state index in [1.807, 2.05) is 0 Å². The average molecular weight is 114 g/mol. The Bertz CT molecular complexity index is 51.5. The zero-order valence-electron chi connectivity index (χ0n) is 5.14. The van der Waals surface area contributed by atoms with Crippen molar-refractivity contribution in [2.75, 3.05) is 0 Å². The molecule has 2 nitrogen and oxygen atoms in total. The predicted octanol–water partition coefficient (Wildman–Crippen LogP) is 0.935. The van der Waals surface area contributed by atoms with Gasteiger partial charge in [0.15, 0.2) is 0 Å². The maximum absolute atomic E-state index is 4.00. The van der Waals surface area contributed by atoms with E-state index in [-0.39, 0.29) is 0 Å². The monoisotopic (exact) mass is 114 g/mol. The van der Waals surface area contributed by atoms with Gasteiger partial charge in [0.1, 0.15) is 0 Å². The minimum absolute atomic E-state index is 1.32. The fourth-order valence-corrected chi connectivity index (χ4v) is 0.760. The first kappa shape index (κ1) is 7.66. The largest absolute Gasteiger partial charge is 0.274 e. The van der Waals surface area contributed by atoms with Crippen molar-refractivity contribution in [2.45, 2.75) is 25.7 Å². The first-order chi connectivity index (χ1) is 4.00. The van der Waals surface area contributed by atoms with Crippen molar-refractivity contribution in [3.05, 3.63) is 12.2 Å². The lowest BCUT2D eigenvalue weighted by Gasteiger charge is -1.97. The summed E-state index contributed by atoms with van der Waals surface area (Å²) < 4.78 is 0. The Balaban J connectivity index is 0.000000222. The maximum atomic E-state index is 4.00. The lowest BCUT2D eigenvalue weighted by atomic mass is 10.1. The summed E-state index contributed by atoms with van der Waals surface area (Å²) >= 11 is 0. The molecule has 0 heterocycles. The van der Waals surface area contributed by atoms with Crippen LogP contribution < -0.4 is 11.7 Å². The highest BCUT2D eigenvalue weighted by atomic mass is 15.0. The summed E-state index contributed by atoms with van der Waals surface area (Å²) in [5.41, 5.74) is 0. The normalized spacial score (nSPS) is 16.8. The van der Waals surface area contributed by atoms with Crippen LogP contribution in [0, 0.1) is 0 Å². The molecule has 0 aliphatic heterocycles. The molecule has 0 amide bonds. The fraction of sp³-hybridized carbons (Fsp3) is 0.667. The molecule has 0 spiro atoms. The molecule has 8 heavy (non-hydrogen) atoms. The number of hydrazine groups is 1. The van der Waals surface area contributed by atoms with E-state index in [0.29, 0.717) is 0 Å². The summed E-state index contributed by atoms with van der Waals surface area (Å²) in [6, 6.07) is 0. The molecular weight excluding hydrogens is 100 g/mol. The highest BCUT2D eigenvalue weighted by molar-refractivity contribution is 4.85. The Labute approximate surface area is 50.5 Å². The molecule has 1 rings (SSSR count). The van der Waals surface area contributed by atoms with Crippen LogP contribution in [-0.4, -0.2) is 0 Å².